The van der Waals surface area contributed by atoms with Crippen LogP contribution in [0.5, 0.6) is 5.75 Å². The molecular formula is C20H34N2O3. The van der Waals surface area contributed by atoms with Gasteiger partial charge in [-0.05, 0) is 57.4 Å². The molecule has 0 aliphatic rings. The Kier molecular flexibility index (Phi) is 8.93. The Morgan fingerprint density at radius 2 is 1.96 bits per heavy atom. The minimum Gasteiger partial charge on any atom is -0.491 e. The number of rotatable bonds is 10. The fraction of sp³-hybridized carbons (Fsp3) is 0.650. The molecule has 1 rings (SSSR count). The summed E-state index contributed by atoms with van der Waals surface area (Å²) in [6, 6.07) is 5.50. The highest BCUT2D eigenvalue weighted by atomic mass is 16.5. The monoisotopic (exact) mass is 350 g/mol. The maximum Gasteiger partial charge on any atom is 0.251 e. The molecule has 0 aliphatic heterocycles. The van der Waals surface area contributed by atoms with Gasteiger partial charge in [0, 0.05) is 24.2 Å². The molecule has 0 spiro atoms. The van der Waals surface area contributed by atoms with Gasteiger partial charge in [0.1, 0.15) is 18.5 Å². The van der Waals surface area contributed by atoms with Crippen LogP contribution >= 0.6 is 0 Å². The van der Waals surface area contributed by atoms with Crippen molar-refractivity contribution in [2.45, 2.75) is 65.5 Å². The number of aryl methyl sites for hydroxylation is 1. The van der Waals surface area contributed by atoms with E-state index in [1.54, 1.807) is 6.07 Å². The van der Waals surface area contributed by atoms with E-state index in [0.717, 1.165) is 30.6 Å². The number of aliphatic hydroxyl groups is 1. The lowest BCUT2D eigenvalue weighted by Crippen LogP contribution is -2.42. The van der Waals surface area contributed by atoms with E-state index in [1.807, 2.05) is 19.1 Å². The van der Waals surface area contributed by atoms with Crippen LogP contribution in [0.3, 0.4) is 0 Å². The summed E-state index contributed by atoms with van der Waals surface area (Å²) < 4.78 is 5.81. The smallest absolute Gasteiger partial charge is 0.251 e. The standard InChI is InChI=1S/C20H34N2O3/c1-6-8-15-12-16(19(24)21-11-7-2)9-10-18(15)25-14-17(23)13-22-20(3,4)5/h9-10,12,17,22-23H,6-8,11,13-14H2,1-5H3,(H,21,24). The largest absolute Gasteiger partial charge is 0.491 e. The fourth-order valence-corrected chi connectivity index (χ4v) is 2.34. The first-order chi connectivity index (χ1) is 11.8. The predicted octanol–water partition coefficient (Wildman–Crippen LogP) is 2.91. The van der Waals surface area contributed by atoms with Crippen LogP contribution in [0.2, 0.25) is 0 Å². The Hall–Kier alpha value is -1.59. The first kappa shape index (κ1) is 21.5. The Labute approximate surface area is 152 Å². The van der Waals surface area contributed by atoms with E-state index in [4.69, 9.17) is 4.74 Å². The number of hydrogen-bond donors (Lipinski definition) is 3. The van der Waals surface area contributed by atoms with Crippen molar-refractivity contribution >= 4 is 5.91 Å². The number of carbonyl (C=O) groups is 1. The van der Waals surface area contributed by atoms with Crippen LogP contribution in [0.25, 0.3) is 0 Å². The molecule has 0 radical (unpaired) electrons. The Morgan fingerprint density at radius 1 is 1.24 bits per heavy atom. The van der Waals surface area contributed by atoms with E-state index in [2.05, 4.69) is 38.3 Å². The third-order valence-corrected chi connectivity index (χ3v) is 3.68. The van der Waals surface area contributed by atoms with Gasteiger partial charge in [0.2, 0.25) is 0 Å². The number of nitrogens with one attached hydrogen (secondary N) is 2. The molecule has 3 N–H and O–H groups in total. The number of hydrogen-bond acceptors (Lipinski definition) is 4. The van der Waals surface area contributed by atoms with E-state index in [0.29, 0.717) is 18.7 Å². The van der Waals surface area contributed by atoms with Crippen molar-refractivity contribution < 1.29 is 14.6 Å². The van der Waals surface area contributed by atoms with Crippen LogP contribution in [-0.2, 0) is 6.42 Å². The van der Waals surface area contributed by atoms with Gasteiger partial charge in [-0.1, -0.05) is 20.3 Å². The average Bonchev–Trinajstić information content (AvgIpc) is 2.56. The quantitative estimate of drug-likeness (QED) is 0.607. The van der Waals surface area contributed by atoms with Gasteiger partial charge < -0.3 is 20.5 Å². The molecule has 5 nitrogen and oxygen atoms in total. The molecule has 1 atom stereocenters. The second-order valence-electron chi connectivity index (χ2n) is 7.42. The normalized spacial score (nSPS) is 12.7. The molecule has 0 aliphatic carbocycles. The maximum absolute atomic E-state index is 12.1. The first-order valence-electron chi connectivity index (χ1n) is 9.23. The molecule has 0 aromatic heterocycles. The van der Waals surface area contributed by atoms with Crippen molar-refractivity contribution in [1.82, 2.24) is 10.6 Å². The van der Waals surface area contributed by atoms with E-state index >= 15 is 0 Å². The highest BCUT2D eigenvalue weighted by Crippen LogP contribution is 2.22. The van der Waals surface area contributed by atoms with Gasteiger partial charge in [-0.25, -0.2) is 0 Å². The third kappa shape index (κ3) is 8.36. The summed E-state index contributed by atoms with van der Waals surface area (Å²) in [5.74, 6) is 0.684. The van der Waals surface area contributed by atoms with E-state index < -0.39 is 6.10 Å². The zero-order chi connectivity index (χ0) is 18.9. The molecule has 0 bridgehead atoms. The van der Waals surface area contributed by atoms with E-state index in [1.165, 1.54) is 0 Å². The van der Waals surface area contributed by atoms with E-state index in [-0.39, 0.29) is 18.1 Å². The molecular weight excluding hydrogens is 316 g/mol. The van der Waals surface area contributed by atoms with Crippen molar-refractivity contribution in [3.05, 3.63) is 29.3 Å². The van der Waals surface area contributed by atoms with Gasteiger partial charge in [-0.2, -0.15) is 0 Å². The molecule has 0 fully saturated rings. The molecule has 0 saturated heterocycles. The molecule has 1 aromatic carbocycles. The zero-order valence-electron chi connectivity index (χ0n) is 16.3. The highest BCUT2D eigenvalue weighted by Gasteiger charge is 2.14. The van der Waals surface area contributed by atoms with Crippen molar-refractivity contribution in [3.8, 4) is 5.75 Å². The maximum atomic E-state index is 12.1. The summed E-state index contributed by atoms with van der Waals surface area (Å²) in [7, 11) is 0. The van der Waals surface area contributed by atoms with Crippen LogP contribution in [0.4, 0.5) is 0 Å². The second kappa shape index (κ2) is 10.4. The van der Waals surface area contributed by atoms with Gasteiger partial charge in [0.15, 0.2) is 0 Å². The summed E-state index contributed by atoms with van der Waals surface area (Å²) in [5.41, 5.74) is 1.61. The van der Waals surface area contributed by atoms with Gasteiger partial charge in [0.25, 0.3) is 5.91 Å². The second-order valence-corrected chi connectivity index (χ2v) is 7.42. The van der Waals surface area contributed by atoms with E-state index in [9.17, 15) is 9.90 Å². The van der Waals surface area contributed by atoms with Crippen molar-refractivity contribution in [1.29, 1.82) is 0 Å². The molecule has 1 aromatic rings. The third-order valence-electron chi connectivity index (χ3n) is 3.68. The SMILES string of the molecule is CCCNC(=O)c1ccc(OCC(O)CNC(C)(C)C)c(CCC)c1. The van der Waals surface area contributed by atoms with Gasteiger partial charge in [-0.3, -0.25) is 4.79 Å². The van der Waals surface area contributed by atoms with Crippen LogP contribution < -0.4 is 15.4 Å². The molecule has 0 heterocycles. The first-order valence-corrected chi connectivity index (χ1v) is 9.23. The lowest BCUT2D eigenvalue weighted by Gasteiger charge is -2.23. The molecule has 1 amide bonds. The summed E-state index contributed by atoms with van der Waals surface area (Å²) >= 11 is 0. The van der Waals surface area contributed by atoms with Crippen LogP contribution in [-0.4, -0.2) is 42.4 Å². The number of ether oxygens (including phenoxy) is 1. The lowest BCUT2D eigenvalue weighted by atomic mass is 10.0. The Balaban J connectivity index is 2.70. The minimum absolute atomic E-state index is 0.0398. The van der Waals surface area contributed by atoms with Crippen molar-refractivity contribution in [3.63, 3.8) is 0 Å². The van der Waals surface area contributed by atoms with Gasteiger partial charge >= 0.3 is 0 Å². The van der Waals surface area contributed by atoms with Gasteiger partial charge in [-0.15, -0.1) is 0 Å². The Morgan fingerprint density at radius 3 is 2.56 bits per heavy atom. The molecule has 5 heteroatoms. The molecule has 1 unspecified atom stereocenters. The Bertz CT molecular complexity index is 538. The predicted molar refractivity (Wildman–Crippen MR) is 102 cm³/mol. The highest BCUT2D eigenvalue weighted by molar-refractivity contribution is 5.94. The molecule has 25 heavy (non-hydrogen) atoms. The lowest BCUT2D eigenvalue weighted by molar-refractivity contribution is 0.0951. The number of aliphatic hydroxyl groups excluding tert-OH is 1. The molecule has 0 saturated carbocycles. The minimum atomic E-state index is -0.582. The van der Waals surface area contributed by atoms with Crippen molar-refractivity contribution in [2.24, 2.45) is 0 Å². The summed E-state index contributed by atoms with van der Waals surface area (Å²) in [5, 5.41) is 16.2. The number of amides is 1. The zero-order valence-corrected chi connectivity index (χ0v) is 16.3. The summed E-state index contributed by atoms with van der Waals surface area (Å²) in [6.07, 6.45) is 2.13. The van der Waals surface area contributed by atoms with Crippen LogP contribution in [0, 0.1) is 0 Å². The molecule has 142 valence electrons. The topological polar surface area (TPSA) is 70.6 Å². The van der Waals surface area contributed by atoms with Crippen LogP contribution in [0.1, 0.15) is 63.4 Å². The fourth-order valence-electron chi connectivity index (χ4n) is 2.34. The number of benzene rings is 1. The summed E-state index contributed by atoms with van der Waals surface area (Å²) in [6.45, 7) is 11.7. The van der Waals surface area contributed by atoms with Gasteiger partial charge in [0.05, 0.1) is 0 Å². The number of carbonyl (C=O) groups excluding carboxylic acids is 1. The van der Waals surface area contributed by atoms with Crippen molar-refractivity contribution in [2.75, 3.05) is 19.7 Å². The number of β-amino-alcohol motifs (C(OH)–C–C–N with tert-alkyl or cyclic N) is 1. The van der Waals surface area contributed by atoms with Crippen LogP contribution in [0.15, 0.2) is 18.2 Å². The average molecular weight is 351 g/mol. The summed E-state index contributed by atoms with van der Waals surface area (Å²) in [4.78, 5) is 12.1.